The molecule has 0 saturated heterocycles. The third-order valence-electron chi connectivity index (χ3n) is 3.09. The Bertz CT molecular complexity index is 537. The second kappa shape index (κ2) is 5.80. The zero-order valence-corrected chi connectivity index (χ0v) is 11.4. The number of benzene rings is 1. The van der Waals surface area contributed by atoms with Gasteiger partial charge in [0.15, 0.2) is 0 Å². The molecule has 1 atom stereocenters. The number of nitrogens with one attached hydrogen (secondary N) is 1. The van der Waals surface area contributed by atoms with Crippen LogP contribution in [0, 0.1) is 5.82 Å². The number of rotatable bonds is 4. The maximum atomic E-state index is 13.3. The van der Waals surface area contributed by atoms with Gasteiger partial charge in [-0.1, -0.05) is 12.1 Å². The number of anilines is 1. The summed E-state index contributed by atoms with van der Waals surface area (Å²) in [6.45, 7) is 0. The summed E-state index contributed by atoms with van der Waals surface area (Å²) in [6, 6.07) is 9.63. The molecule has 1 heterocycles. The molecule has 0 aliphatic heterocycles. The summed E-state index contributed by atoms with van der Waals surface area (Å²) in [5, 5.41) is 3.19. The van der Waals surface area contributed by atoms with E-state index in [4.69, 9.17) is 0 Å². The fraction of sp³-hybridized carbons (Fsp3) is 0.267. The Labute approximate surface area is 113 Å². The summed E-state index contributed by atoms with van der Waals surface area (Å²) in [4.78, 5) is 5.94. The van der Waals surface area contributed by atoms with Crippen LogP contribution in [0.25, 0.3) is 0 Å². The standard InChI is InChI=1S/C15H18FN3/c1-17-15(12-8-13(16)10-18-9-12)11-4-6-14(7-5-11)19(2)3/h4-10,15,17H,1-3H3. The molecule has 0 amide bonds. The molecule has 1 unspecified atom stereocenters. The fourth-order valence-electron chi connectivity index (χ4n) is 2.08. The van der Waals surface area contributed by atoms with Gasteiger partial charge in [-0.05, 0) is 36.4 Å². The van der Waals surface area contributed by atoms with Crippen molar-refractivity contribution in [2.75, 3.05) is 26.0 Å². The molecule has 0 radical (unpaired) electrons. The third kappa shape index (κ3) is 3.09. The first-order valence-corrected chi connectivity index (χ1v) is 6.17. The molecule has 2 rings (SSSR count). The Morgan fingerprint density at radius 3 is 2.32 bits per heavy atom. The number of halogens is 1. The highest BCUT2D eigenvalue weighted by Crippen LogP contribution is 2.23. The predicted octanol–water partition coefficient (Wildman–Crippen LogP) is 2.60. The second-order valence-electron chi connectivity index (χ2n) is 4.64. The van der Waals surface area contributed by atoms with E-state index in [0.29, 0.717) is 0 Å². The summed E-state index contributed by atoms with van der Waals surface area (Å²) in [7, 11) is 5.86. The van der Waals surface area contributed by atoms with Crippen LogP contribution in [0.5, 0.6) is 0 Å². The van der Waals surface area contributed by atoms with Crippen molar-refractivity contribution in [3.05, 3.63) is 59.7 Å². The van der Waals surface area contributed by atoms with Crippen LogP contribution in [-0.4, -0.2) is 26.1 Å². The molecule has 0 spiro atoms. The molecule has 0 aliphatic carbocycles. The van der Waals surface area contributed by atoms with Gasteiger partial charge in [0.05, 0.1) is 12.2 Å². The quantitative estimate of drug-likeness (QED) is 0.914. The fourth-order valence-corrected chi connectivity index (χ4v) is 2.08. The van der Waals surface area contributed by atoms with Crippen molar-refractivity contribution in [2.24, 2.45) is 0 Å². The van der Waals surface area contributed by atoms with Crippen LogP contribution in [0.1, 0.15) is 17.2 Å². The monoisotopic (exact) mass is 259 g/mol. The van der Waals surface area contributed by atoms with Crippen LogP contribution >= 0.6 is 0 Å². The van der Waals surface area contributed by atoms with E-state index in [1.165, 1.54) is 12.3 Å². The summed E-state index contributed by atoms with van der Waals surface area (Å²) in [5.74, 6) is -0.317. The number of aromatic nitrogens is 1. The minimum Gasteiger partial charge on any atom is -0.378 e. The van der Waals surface area contributed by atoms with Crippen LogP contribution in [0.15, 0.2) is 42.7 Å². The van der Waals surface area contributed by atoms with E-state index < -0.39 is 0 Å². The Hall–Kier alpha value is -1.94. The average molecular weight is 259 g/mol. The first-order valence-electron chi connectivity index (χ1n) is 6.17. The highest BCUT2D eigenvalue weighted by Gasteiger charge is 2.13. The normalized spacial score (nSPS) is 12.2. The van der Waals surface area contributed by atoms with E-state index in [0.717, 1.165) is 16.8 Å². The Balaban J connectivity index is 2.31. The molecular formula is C15H18FN3. The summed E-state index contributed by atoms with van der Waals surface area (Å²) in [6.07, 6.45) is 2.90. The van der Waals surface area contributed by atoms with E-state index in [9.17, 15) is 4.39 Å². The molecule has 2 aromatic rings. The molecule has 1 aromatic heterocycles. The zero-order valence-electron chi connectivity index (χ0n) is 11.4. The lowest BCUT2D eigenvalue weighted by Gasteiger charge is -2.19. The molecular weight excluding hydrogens is 241 g/mol. The topological polar surface area (TPSA) is 28.2 Å². The van der Waals surface area contributed by atoms with Gasteiger partial charge in [0.2, 0.25) is 0 Å². The largest absolute Gasteiger partial charge is 0.378 e. The van der Waals surface area contributed by atoms with Crippen LogP contribution in [0.2, 0.25) is 0 Å². The van der Waals surface area contributed by atoms with Gasteiger partial charge in [-0.3, -0.25) is 4.98 Å². The Morgan fingerprint density at radius 1 is 1.11 bits per heavy atom. The summed E-state index contributed by atoms with van der Waals surface area (Å²) in [5.41, 5.74) is 3.04. The number of hydrogen-bond donors (Lipinski definition) is 1. The smallest absolute Gasteiger partial charge is 0.141 e. The highest BCUT2D eigenvalue weighted by molar-refractivity contribution is 5.47. The average Bonchev–Trinajstić information content (AvgIpc) is 2.40. The minimum absolute atomic E-state index is 0.0561. The van der Waals surface area contributed by atoms with Gasteiger partial charge < -0.3 is 10.2 Å². The van der Waals surface area contributed by atoms with Crippen molar-refractivity contribution in [1.82, 2.24) is 10.3 Å². The minimum atomic E-state index is -0.317. The lowest BCUT2D eigenvalue weighted by molar-refractivity contribution is 0.608. The van der Waals surface area contributed by atoms with Gasteiger partial charge in [0, 0.05) is 26.0 Å². The first-order chi connectivity index (χ1) is 9.11. The van der Waals surface area contributed by atoms with Crippen LogP contribution in [0.3, 0.4) is 0 Å². The predicted molar refractivity (Wildman–Crippen MR) is 75.9 cm³/mol. The van der Waals surface area contributed by atoms with Crippen molar-refractivity contribution in [1.29, 1.82) is 0 Å². The van der Waals surface area contributed by atoms with Gasteiger partial charge in [-0.25, -0.2) is 4.39 Å². The maximum Gasteiger partial charge on any atom is 0.141 e. The number of pyridine rings is 1. The number of hydrogen-bond acceptors (Lipinski definition) is 3. The van der Waals surface area contributed by atoms with E-state index in [2.05, 4.69) is 10.3 Å². The van der Waals surface area contributed by atoms with Gasteiger partial charge in [-0.2, -0.15) is 0 Å². The van der Waals surface area contributed by atoms with E-state index in [1.807, 2.05) is 50.3 Å². The van der Waals surface area contributed by atoms with Crippen LogP contribution in [0.4, 0.5) is 10.1 Å². The molecule has 0 aliphatic rings. The van der Waals surface area contributed by atoms with Crippen molar-refractivity contribution in [2.45, 2.75) is 6.04 Å². The lowest BCUT2D eigenvalue weighted by Crippen LogP contribution is -2.18. The van der Waals surface area contributed by atoms with E-state index in [-0.39, 0.29) is 11.9 Å². The summed E-state index contributed by atoms with van der Waals surface area (Å²) >= 11 is 0. The van der Waals surface area contributed by atoms with E-state index in [1.54, 1.807) is 6.20 Å². The lowest BCUT2D eigenvalue weighted by atomic mass is 10.00. The van der Waals surface area contributed by atoms with Crippen molar-refractivity contribution < 1.29 is 4.39 Å². The molecule has 0 bridgehead atoms. The molecule has 3 nitrogen and oxygen atoms in total. The SMILES string of the molecule is CNC(c1ccc(N(C)C)cc1)c1cncc(F)c1. The Morgan fingerprint density at radius 2 is 1.79 bits per heavy atom. The molecule has 4 heteroatoms. The highest BCUT2D eigenvalue weighted by atomic mass is 19.1. The molecule has 1 N–H and O–H groups in total. The van der Waals surface area contributed by atoms with Gasteiger partial charge in [0.25, 0.3) is 0 Å². The van der Waals surface area contributed by atoms with Crippen LogP contribution < -0.4 is 10.2 Å². The first kappa shape index (κ1) is 13.5. The maximum absolute atomic E-state index is 13.3. The molecule has 1 aromatic carbocycles. The molecule has 0 saturated carbocycles. The van der Waals surface area contributed by atoms with Gasteiger partial charge >= 0.3 is 0 Å². The van der Waals surface area contributed by atoms with Gasteiger partial charge in [-0.15, -0.1) is 0 Å². The second-order valence-corrected chi connectivity index (χ2v) is 4.64. The van der Waals surface area contributed by atoms with Crippen molar-refractivity contribution in [3.63, 3.8) is 0 Å². The van der Waals surface area contributed by atoms with Crippen molar-refractivity contribution >= 4 is 5.69 Å². The Kier molecular flexibility index (Phi) is 4.12. The third-order valence-corrected chi connectivity index (χ3v) is 3.09. The number of nitrogens with zero attached hydrogens (tertiary/aromatic N) is 2. The van der Waals surface area contributed by atoms with E-state index >= 15 is 0 Å². The molecule has 0 fully saturated rings. The molecule has 19 heavy (non-hydrogen) atoms. The van der Waals surface area contributed by atoms with Gasteiger partial charge in [0.1, 0.15) is 5.82 Å². The van der Waals surface area contributed by atoms with Crippen molar-refractivity contribution in [3.8, 4) is 0 Å². The molecule has 100 valence electrons. The summed E-state index contributed by atoms with van der Waals surface area (Å²) < 4.78 is 13.3. The zero-order chi connectivity index (χ0) is 13.8. The van der Waals surface area contributed by atoms with Crippen LogP contribution in [-0.2, 0) is 0 Å².